The van der Waals surface area contributed by atoms with E-state index >= 15 is 0 Å². The molecule has 110 valence electrons. The number of nitrogens with one attached hydrogen (secondary N) is 1. The SMILES string of the molecule is CCC(=O)Nc1cccc(CCCCCC(C)=O)c1C. The summed E-state index contributed by atoms with van der Waals surface area (Å²) in [6.45, 7) is 5.55. The van der Waals surface area contributed by atoms with Crippen LogP contribution in [-0.2, 0) is 16.0 Å². The third-order valence-corrected chi connectivity index (χ3v) is 3.52. The summed E-state index contributed by atoms with van der Waals surface area (Å²) in [6.07, 6.45) is 5.31. The van der Waals surface area contributed by atoms with Crippen LogP contribution in [0.4, 0.5) is 5.69 Å². The van der Waals surface area contributed by atoms with E-state index in [1.165, 1.54) is 5.56 Å². The Balaban J connectivity index is 2.51. The number of amides is 1. The molecule has 0 unspecified atom stereocenters. The molecule has 20 heavy (non-hydrogen) atoms. The van der Waals surface area contributed by atoms with Crippen LogP contribution in [0.15, 0.2) is 18.2 Å². The molecular weight excluding hydrogens is 250 g/mol. The monoisotopic (exact) mass is 275 g/mol. The van der Waals surface area contributed by atoms with Gasteiger partial charge in [-0.2, -0.15) is 0 Å². The zero-order chi connectivity index (χ0) is 15.0. The lowest BCUT2D eigenvalue weighted by molar-refractivity contribution is -0.117. The largest absolute Gasteiger partial charge is 0.326 e. The van der Waals surface area contributed by atoms with Crippen LogP contribution in [0.25, 0.3) is 0 Å². The highest BCUT2D eigenvalue weighted by Crippen LogP contribution is 2.21. The molecule has 0 aliphatic carbocycles. The molecule has 0 atom stereocenters. The normalized spacial score (nSPS) is 10.3. The van der Waals surface area contributed by atoms with Crippen LogP contribution < -0.4 is 5.32 Å². The van der Waals surface area contributed by atoms with Crippen LogP contribution in [0.2, 0.25) is 0 Å². The van der Waals surface area contributed by atoms with Gasteiger partial charge in [-0.05, 0) is 50.3 Å². The van der Waals surface area contributed by atoms with Gasteiger partial charge in [-0.15, -0.1) is 0 Å². The predicted octanol–water partition coefficient (Wildman–Crippen LogP) is 4.04. The van der Waals surface area contributed by atoms with Gasteiger partial charge < -0.3 is 10.1 Å². The average Bonchev–Trinajstić information content (AvgIpc) is 2.41. The predicted molar refractivity (Wildman–Crippen MR) is 83.0 cm³/mol. The van der Waals surface area contributed by atoms with Crippen molar-refractivity contribution < 1.29 is 9.59 Å². The number of carbonyl (C=O) groups is 2. The average molecular weight is 275 g/mol. The van der Waals surface area contributed by atoms with E-state index in [2.05, 4.69) is 18.3 Å². The minimum atomic E-state index is 0.0479. The Kier molecular flexibility index (Phi) is 6.99. The van der Waals surface area contributed by atoms with E-state index in [9.17, 15) is 9.59 Å². The van der Waals surface area contributed by atoms with Gasteiger partial charge in [-0.3, -0.25) is 4.79 Å². The van der Waals surface area contributed by atoms with E-state index in [-0.39, 0.29) is 11.7 Å². The Bertz CT molecular complexity index is 466. The summed E-state index contributed by atoms with van der Waals surface area (Å²) in [5, 5.41) is 2.93. The molecule has 0 fully saturated rings. The highest BCUT2D eigenvalue weighted by atomic mass is 16.1. The standard InChI is InChI=1S/C17H25NO2/c1-4-17(20)18-16-12-8-11-15(14(16)3)10-7-5-6-9-13(2)19/h8,11-12H,4-7,9-10H2,1-3H3,(H,18,20). The van der Waals surface area contributed by atoms with Gasteiger partial charge in [0.05, 0.1) is 0 Å². The lowest BCUT2D eigenvalue weighted by Gasteiger charge is -2.12. The molecule has 1 N–H and O–H groups in total. The zero-order valence-electron chi connectivity index (χ0n) is 12.8. The molecule has 0 aromatic heterocycles. The number of anilines is 1. The van der Waals surface area contributed by atoms with Gasteiger partial charge in [0.1, 0.15) is 5.78 Å². The molecule has 0 aliphatic heterocycles. The highest BCUT2D eigenvalue weighted by Gasteiger charge is 2.06. The number of hydrogen-bond acceptors (Lipinski definition) is 2. The summed E-state index contributed by atoms with van der Waals surface area (Å²) >= 11 is 0. The third-order valence-electron chi connectivity index (χ3n) is 3.52. The van der Waals surface area contributed by atoms with Crippen molar-refractivity contribution >= 4 is 17.4 Å². The van der Waals surface area contributed by atoms with Crippen molar-refractivity contribution in [2.24, 2.45) is 0 Å². The Hall–Kier alpha value is -1.64. The van der Waals surface area contributed by atoms with Crippen LogP contribution in [0.1, 0.15) is 57.1 Å². The van der Waals surface area contributed by atoms with E-state index in [0.717, 1.165) is 36.9 Å². The fourth-order valence-electron chi connectivity index (χ4n) is 2.19. The molecule has 0 aliphatic rings. The van der Waals surface area contributed by atoms with E-state index < -0.39 is 0 Å². The minimum Gasteiger partial charge on any atom is -0.326 e. The van der Waals surface area contributed by atoms with Gasteiger partial charge in [0.2, 0.25) is 5.91 Å². The summed E-state index contributed by atoms with van der Waals surface area (Å²) in [5.41, 5.74) is 3.35. The number of hydrogen-bond donors (Lipinski definition) is 1. The van der Waals surface area contributed by atoms with Gasteiger partial charge in [-0.25, -0.2) is 0 Å². The summed E-state index contributed by atoms with van der Waals surface area (Å²) in [4.78, 5) is 22.3. The molecule has 0 saturated heterocycles. The molecular formula is C17H25NO2. The van der Waals surface area contributed by atoms with Crippen molar-refractivity contribution in [1.29, 1.82) is 0 Å². The maximum absolute atomic E-state index is 11.5. The third kappa shape index (κ3) is 5.55. The maximum Gasteiger partial charge on any atom is 0.224 e. The number of carbonyl (C=O) groups excluding carboxylic acids is 2. The first-order valence-corrected chi connectivity index (χ1v) is 7.42. The maximum atomic E-state index is 11.5. The Morgan fingerprint density at radius 3 is 2.55 bits per heavy atom. The van der Waals surface area contributed by atoms with Gasteiger partial charge in [0.15, 0.2) is 0 Å². The Labute approximate surface area is 121 Å². The molecule has 3 heteroatoms. The fraction of sp³-hybridized carbons (Fsp3) is 0.529. The lowest BCUT2D eigenvalue weighted by Crippen LogP contribution is -2.11. The Morgan fingerprint density at radius 1 is 1.15 bits per heavy atom. The van der Waals surface area contributed by atoms with Crippen molar-refractivity contribution in [3.63, 3.8) is 0 Å². The summed E-state index contributed by atoms with van der Waals surface area (Å²) in [7, 11) is 0. The molecule has 1 amide bonds. The summed E-state index contributed by atoms with van der Waals surface area (Å²) in [6, 6.07) is 6.05. The molecule has 0 spiro atoms. The van der Waals surface area contributed by atoms with Gasteiger partial charge >= 0.3 is 0 Å². The zero-order valence-corrected chi connectivity index (χ0v) is 12.8. The molecule has 1 aromatic carbocycles. The number of benzene rings is 1. The number of aryl methyl sites for hydroxylation is 1. The van der Waals surface area contributed by atoms with E-state index in [1.807, 2.05) is 19.1 Å². The number of Topliss-reactive ketones (excluding diaryl/α,β-unsaturated/α-hetero) is 1. The number of rotatable bonds is 8. The first-order valence-electron chi connectivity index (χ1n) is 7.42. The second kappa shape index (κ2) is 8.51. The molecule has 3 nitrogen and oxygen atoms in total. The summed E-state index contributed by atoms with van der Waals surface area (Å²) in [5.74, 6) is 0.317. The van der Waals surface area contributed by atoms with Crippen molar-refractivity contribution in [3.8, 4) is 0 Å². The first-order chi connectivity index (χ1) is 9.54. The van der Waals surface area contributed by atoms with E-state index in [1.54, 1.807) is 6.92 Å². The molecule has 1 aromatic rings. The number of ketones is 1. The summed E-state index contributed by atoms with van der Waals surface area (Å²) < 4.78 is 0. The van der Waals surface area contributed by atoms with Gasteiger partial charge in [0, 0.05) is 18.5 Å². The van der Waals surface area contributed by atoms with Crippen LogP contribution in [-0.4, -0.2) is 11.7 Å². The molecule has 0 heterocycles. The number of unbranched alkanes of at least 4 members (excludes halogenated alkanes) is 2. The first kappa shape index (κ1) is 16.4. The molecule has 0 radical (unpaired) electrons. The van der Waals surface area contributed by atoms with Crippen LogP contribution >= 0.6 is 0 Å². The molecule has 0 saturated carbocycles. The van der Waals surface area contributed by atoms with Crippen molar-refractivity contribution in [2.75, 3.05) is 5.32 Å². The molecule has 1 rings (SSSR count). The highest BCUT2D eigenvalue weighted by molar-refractivity contribution is 5.91. The van der Waals surface area contributed by atoms with Crippen molar-refractivity contribution in [1.82, 2.24) is 0 Å². The smallest absolute Gasteiger partial charge is 0.224 e. The van der Waals surface area contributed by atoms with E-state index in [4.69, 9.17) is 0 Å². The second-order valence-corrected chi connectivity index (χ2v) is 5.25. The van der Waals surface area contributed by atoms with Gasteiger partial charge in [0.25, 0.3) is 0 Å². The van der Waals surface area contributed by atoms with Gasteiger partial charge in [-0.1, -0.05) is 25.5 Å². The second-order valence-electron chi connectivity index (χ2n) is 5.25. The lowest BCUT2D eigenvalue weighted by atomic mass is 10.00. The van der Waals surface area contributed by atoms with Crippen LogP contribution in [0.5, 0.6) is 0 Å². The quantitative estimate of drug-likeness (QED) is 0.728. The van der Waals surface area contributed by atoms with Crippen LogP contribution in [0, 0.1) is 6.92 Å². The van der Waals surface area contributed by atoms with Crippen LogP contribution in [0.3, 0.4) is 0 Å². The Morgan fingerprint density at radius 2 is 1.90 bits per heavy atom. The van der Waals surface area contributed by atoms with Crippen molar-refractivity contribution in [3.05, 3.63) is 29.3 Å². The minimum absolute atomic E-state index is 0.0479. The topological polar surface area (TPSA) is 46.2 Å². The van der Waals surface area contributed by atoms with E-state index in [0.29, 0.717) is 12.8 Å². The van der Waals surface area contributed by atoms with Crippen molar-refractivity contribution in [2.45, 2.75) is 59.3 Å². The fourth-order valence-corrected chi connectivity index (χ4v) is 2.19. The molecule has 0 bridgehead atoms.